The van der Waals surface area contributed by atoms with Crippen LogP contribution in [0.3, 0.4) is 0 Å². The van der Waals surface area contributed by atoms with Gasteiger partial charge < -0.3 is 16.4 Å². The van der Waals surface area contributed by atoms with Gasteiger partial charge in [-0.1, -0.05) is 35.9 Å². The molecule has 0 aliphatic rings. The van der Waals surface area contributed by atoms with Crippen LogP contribution in [0.15, 0.2) is 48.5 Å². The van der Waals surface area contributed by atoms with Crippen molar-refractivity contribution in [2.24, 2.45) is 0 Å². The minimum Gasteiger partial charge on any atom is -0.370 e. The highest BCUT2D eigenvalue weighted by Gasteiger charge is 2.09. The third-order valence-electron chi connectivity index (χ3n) is 4.25. The molecule has 1 heterocycles. The van der Waals surface area contributed by atoms with Gasteiger partial charge in [0.15, 0.2) is 0 Å². The molecule has 0 atom stereocenters. The van der Waals surface area contributed by atoms with Crippen molar-refractivity contribution in [3.63, 3.8) is 0 Å². The predicted molar refractivity (Wildman–Crippen MR) is 115 cm³/mol. The third kappa shape index (κ3) is 4.98. The highest BCUT2D eigenvalue weighted by atomic mass is 35.5. The number of hydrogen-bond acceptors (Lipinski definition) is 5. The van der Waals surface area contributed by atoms with Crippen LogP contribution in [0.1, 0.15) is 18.1 Å². The van der Waals surface area contributed by atoms with E-state index in [0.717, 1.165) is 34.5 Å². The molecular weight excluding hydrogens is 374 g/mol. The van der Waals surface area contributed by atoms with Crippen molar-refractivity contribution in [1.29, 1.82) is 0 Å². The number of nitrogens with one attached hydrogen (secondary N) is 2. The van der Waals surface area contributed by atoms with Gasteiger partial charge in [-0.2, -0.15) is 4.98 Å². The van der Waals surface area contributed by atoms with Gasteiger partial charge in [0.1, 0.15) is 5.82 Å². The highest BCUT2D eigenvalue weighted by Crippen LogP contribution is 2.28. The number of halogens is 1. The van der Waals surface area contributed by atoms with E-state index in [9.17, 15) is 4.79 Å². The van der Waals surface area contributed by atoms with Crippen molar-refractivity contribution in [3.8, 4) is 11.3 Å². The van der Waals surface area contributed by atoms with Crippen molar-refractivity contribution >= 4 is 35.0 Å². The Morgan fingerprint density at radius 2 is 1.93 bits per heavy atom. The molecule has 0 unspecified atom stereocenters. The molecule has 0 saturated carbocycles. The van der Waals surface area contributed by atoms with E-state index >= 15 is 0 Å². The summed E-state index contributed by atoms with van der Waals surface area (Å²) in [4.78, 5) is 19.8. The molecule has 1 aromatic heterocycles. The lowest BCUT2D eigenvalue weighted by Gasteiger charge is -2.11. The summed E-state index contributed by atoms with van der Waals surface area (Å²) >= 11 is 6.22. The van der Waals surface area contributed by atoms with E-state index in [2.05, 4.69) is 20.6 Å². The molecule has 7 heteroatoms. The van der Waals surface area contributed by atoms with Gasteiger partial charge in [-0.25, -0.2) is 4.98 Å². The second kappa shape index (κ2) is 8.71. The number of anilines is 3. The van der Waals surface area contributed by atoms with Gasteiger partial charge in [-0.05, 0) is 42.7 Å². The van der Waals surface area contributed by atoms with Gasteiger partial charge in [-0.3, -0.25) is 4.79 Å². The number of carbonyl (C=O) groups excluding carboxylic acids is 1. The molecular formula is C21H22ClN5O. The number of nitrogen functional groups attached to an aromatic ring is 1. The molecule has 6 nitrogen and oxygen atoms in total. The van der Waals surface area contributed by atoms with Gasteiger partial charge in [-0.15, -0.1) is 0 Å². The Balaban J connectivity index is 1.71. The molecule has 4 N–H and O–H groups in total. The van der Waals surface area contributed by atoms with E-state index in [-0.39, 0.29) is 11.9 Å². The van der Waals surface area contributed by atoms with Crippen LogP contribution in [0, 0.1) is 6.92 Å². The lowest BCUT2D eigenvalue weighted by molar-refractivity contribution is -0.114. The van der Waals surface area contributed by atoms with Crippen LogP contribution in [0.4, 0.5) is 17.5 Å². The quantitative estimate of drug-likeness (QED) is 0.578. The topological polar surface area (TPSA) is 92.9 Å². The summed E-state index contributed by atoms with van der Waals surface area (Å²) in [7, 11) is 0. The Hall–Kier alpha value is -3.12. The molecule has 0 saturated heterocycles. The Morgan fingerprint density at radius 1 is 1.14 bits per heavy atom. The fraction of sp³-hybridized carbons (Fsp3) is 0.190. The normalized spacial score (nSPS) is 10.5. The molecule has 0 spiro atoms. The van der Waals surface area contributed by atoms with Crippen molar-refractivity contribution in [2.75, 3.05) is 22.9 Å². The zero-order valence-corrected chi connectivity index (χ0v) is 16.5. The molecule has 3 aromatic rings. The van der Waals surface area contributed by atoms with E-state index in [1.54, 1.807) is 0 Å². The first kappa shape index (κ1) is 19.6. The van der Waals surface area contributed by atoms with Crippen LogP contribution in [0.2, 0.25) is 5.02 Å². The minimum atomic E-state index is -0.0874. The first-order valence-corrected chi connectivity index (χ1v) is 9.30. The highest BCUT2D eigenvalue weighted by molar-refractivity contribution is 6.31. The van der Waals surface area contributed by atoms with Crippen molar-refractivity contribution < 1.29 is 4.79 Å². The Morgan fingerprint density at radius 3 is 2.71 bits per heavy atom. The van der Waals surface area contributed by atoms with Gasteiger partial charge in [0.25, 0.3) is 0 Å². The van der Waals surface area contributed by atoms with Crippen molar-refractivity contribution in [1.82, 2.24) is 9.97 Å². The number of nitrogens with zero attached hydrogens (tertiary/aromatic N) is 2. The van der Waals surface area contributed by atoms with Crippen LogP contribution in [-0.4, -0.2) is 22.4 Å². The van der Waals surface area contributed by atoms with Crippen LogP contribution in [0.25, 0.3) is 11.3 Å². The van der Waals surface area contributed by atoms with Crippen LogP contribution in [0.5, 0.6) is 0 Å². The smallest absolute Gasteiger partial charge is 0.222 e. The van der Waals surface area contributed by atoms with Gasteiger partial charge in [0.2, 0.25) is 11.9 Å². The lowest BCUT2D eigenvalue weighted by atomic mass is 10.1. The second-order valence-corrected chi connectivity index (χ2v) is 6.87. The summed E-state index contributed by atoms with van der Waals surface area (Å²) in [6.45, 7) is 4.10. The number of amides is 1. The Kier molecular flexibility index (Phi) is 6.11. The molecule has 3 rings (SSSR count). The summed E-state index contributed by atoms with van der Waals surface area (Å²) in [5.41, 5.74) is 10.4. The SMILES string of the molecule is CC(=O)Nc1cccc(CCNc2cc(-c3cccc(Cl)c3C)nc(N)n2)c1. The summed E-state index contributed by atoms with van der Waals surface area (Å²) in [6.07, 6.45) is 0.767. The van der Waals surface area contributed by atoms with E-state index in [0.29, 0.717) is 17.4 Å². The van der Waals surface area contributed by atoms with Crippen molar-refractivity contribution in [3.05, 3.63) is 64.7 Å². The molecule has 0 bridgehead atoms. The van der Waals surface area contributed by atoms with Gasteiger partial charge in [0, 0.05) is 35.8 Å². The molecule has 0 aliphatic heterocycles. The van der Waals surface area contributed by atoms with Crippen LogP contribution >= 0.6 is 11.6 Å². The number of carbonyl (C=O) groups is 1. The van der Waals surface area contributed by atoms with E-state index in [4.69, 9.17) is 17.3 Å². The fourth-order valence-corrected chi connectivity index (χ4v) is 3.10. The zero-order chi connectivity index (χ0) is 20.1. The third-order valence-corrected chi connectivity index (χ3v) is 4.66. The number of nitrogens with two attached hydrogens (primary N) is 1. The summed E-state index contributed by atoms with van der Waals surface area (Å²) in [5, 5.41) is 6.76. The maximum absolute atomic E-state index is 11.2. The van der Waals surface area contributed by atoms with E-state index < -0.39 is 0 Å². The number of aromatic nitrogens is 2. The molecule has 28 heavy (non-hydrogen) atoms. The standard InChI is InChI=1S/C21H22ClN5O/c1-13-17(7-4-8-18(13)22)19-12-20(27-21(23)26-19)24-10-9-15-5-3-6-16(11-15)25-14(2)28/h3-8,11-12H,9-10H2,1-2H3,(H,25,28)(H3,23,24,26,27). The average Bonchev–Trinajstić information content (AvgIpc) is 2.63. The maximum atomic E-state index is 11.2. The summed E-state index contributed by atoms with van der Waals surface area (Å²) in [6, 6.07) is 15.3. The first-order chi connectivity index (χ1) is 13.4. The summed E-state index contributed by atoms with van der Waals surface area (Å²) < 4.78 is 0. The monoisotopic (exact) mass is 395 g/mol. The zero-order valence-electron chi connectivity index (χ0n) is 15.8. The lowest BCUT2D eigenvalue weighted by Crippen LogP contribution is -2.09. The molecule has 0 fully saturated rings. The summed E-state index contributed by atoms with van der Waals surface area (Å²) in [5.74, 6) is 0.766. The average molecular weight is 396 g/mol. The number of hydrogen-bond donors (Lipinski definition) is 3. The van der Waals surface area contributed by atoms with E-state index in [1.807, 2.05) is 55.5 Å². The van der Waals surface area contributed by atoms with Crippen molar-refractivity contribution in [2.45, 2.75) is 20.3 Å². The first-order valence-electron chi connectivity index (χ1n) is 8.93. The van der Waals surface area contributed by atoms with Gasteiger partial charge >= 0.3 is 0 Å². The van der Waals surface area contributed by atoms with E-state index in [1.165, 1.54) is 6.92 Å². The fourth-order valence-electron chi connectivity index (χ4n) is 2.92. The molecule has 2 aromatic carbocycles. The maximum Gasteiger partial charge on any atom is 0.222 e. The molecule has 0 aliphatic carbocycles. The second-order valence-electron chi connectivity index (χ2n) is 6.47. The minimum absolute atomic E-state index is 0.0874. The molecule has 1 amide bonds. The van der Waals surface area contributed by atoms with Gasteiger partial charge in [0.05, 0.1) is 5.69 Å². The van der Waals surface area contributed by atoms with Crippen LogP contribution < -0.4 is 16.4 Å². The molecule has 0 radical (unpaired) electrons. The number of benzene rings is 2. The number of rotatable bonds is 6. The Bertz CT molecular complexity index is 1010. The predicted octanol–water partition coefficient (Wildman–Crippen LogP) is 4.30. The Labute approximate surface area is 169 Å². The molecule has 144 valence electrons. The largest absolute Gasteiger partial charge is 0.370 e. The van der Waals surface area contributed by atoms with Crippen LogP contribution in [-0.2, 0) is 11.2 Å².